The van der Waals surface area contributed by atoms with Gasteiger partial charge in [-0.25, -0.2) is 0 Å². The summed E-state index contributed by atoms with van der Waals surface area (Å²) in [6.07, 6.45) is 0.886. The minimum absolute atomic E-state index is 0.244. The van der Waals surface area contributed by atoms with E-state index in [4.69, 9.17) is 34.8 Å². The van der Waals surface area contributed by atoms with Crippen molar-refractivity contribution in [1.82, 2.24) is 10.2 Å². The third-order valence-electron chi connectivity index (χ3n) is 2.12. The average molecular weight is 260 g/mol. The van der Waals surface area contributed by atoms with Crippen LogP contribution < -0.4 is 5.32 Å². The first-order valence-corrected chi connectivity index (χ1v) is 5.64. The van der Waals surface area contributed by atoms with Crippen LogP contribution in [0.2, 0.25) is 0 Å². The number of halogens is 3. The number of carbonyl (C=O) groups is 1. The van der Waals surface area contributed by atoms with Gasteiger partial charge in [0.15, 0.2) is 0 Å². The summed E-state index contributed by atoms with van der Waals surface area (Å²) < 4.78 is -1.83. The van der Waals surface area contributed by atoms with Crippen molar-refractivity contribution in [2.24, 2.45) is 0 Å². The van der Waals surface area contributed by atoms with Crippen molar-refractivity contribution in [3.8, 4) is 0 Å². The molecule has 1 saturated heterocycles. The lowest BCUT2D eigenvalue weighted by Crippen LogP contribution is -2.44. The second kappa shape index (κ2) is 4.88. The molecule has 0 aromatic carbocycles. The smallest absolute Gasteiger partial charge is 0.274 e. The van der Waals surface area contributed by atoms with Crippen LogP contribution in [0.5, 0.6) is 0 Å². The lowest BCUT2D eigenvalue weighted by Gasteiger charge is -2.25. The van der Waals surface area contributed by atoms with Crippen LogP contribution in [0.3, 0.4) is 0 Å². The molecule has 3 nitrogen and oxygen atoms in total. The van der Waals surface area contributed by atoms with Crippen LogP contribution in [0.4, 0.5) is 0 Å². The molecule has 6 heteroatoms. The molecule has 0 radical (unpaired) electrons. The fourth-order valence-electron chi connectivity index (χ4n) is 1.47. The van der Waals surface area contributed by atoms with Gasteiger partial charge >= 0.3 is 0 Å². The second-order valence-electron chi connectivity index (χ2n) is 3.46. The first-order valence-electron chi connectivity index (χ1n) is 4.50. The molecule has 0 bridgehead atoms. The van der Waals surface area contributed by atoms with Crippen LogP contribution in [-0.4, -0.2) is 40.3 Å². The van der Waals surface area contributed by atoms with Crippen LogP contribution in [0, 0.1) is 0 Å². The zero-order chi connectivity index (χ0) is 10.8. The maximum Gasteiger partial charge on any atom is 0.274 e. The van der Waals surface area contributed by atoms with E-state index in [0.29, 0.717) is 13.1 Å². The summed E-state index contributed by atoms with van der Waals surface area (Å²) >= 11 is 16.6. The third-order valence-corrected chi connectivity index (χ3v) is 2.61. The Labute approximate surface area is 98.7 Å². The molecule has 1 N–H and O–H groups in total. The lowest BCUT2D eigenvalue weighted by atomic mass is 10.3. The number of nitrogens with one attached hydrogen (secondary N) is 1. The predicted molar refractivity (Wildman–Crippen MR) is 59.0 cm³/mol. The van der Waals surface area contributed by atoms with E-state index in [1.165, 1.54) is 0 Å². The van der Waals surface area contributed by atoms with Gasteiger partial charge in [0.1, 0.15) is 0 Å². The van der Waals surface area contributed by atoms with E-state index in [1.54, 1.807) is 4.90 Å². The van der Waals surface area contributed by atoms with Crippen molar-refractivity contribution in [3.05, 3.63) is 0 Å². The predicted octanol–water partition coefficient (Wildman–Crippen LogP) is 1.57. The maximum absolute atomic E-state index is 11.6. The summed E-state index contributed by atoms with van der Waals surface area (Å²) in [4.78, 5) is 13.2. The third kappa shape index (κ3) is 3.46. The molecule has 0 aliphatic carbocycles. The highest BCUT2D eigenvalue weighted by molar-refractivity contribution is 6.76. The molecule has 1 amide bonds. The van der Waals surface area contributed by atoms with Crippen molar-refractivity contribution in [1.29, 1.82) is 0 Å². The monoisotopic (exact) mass is 258 g/mol. The van der Waals surface area contributed by atoms with E-state index >= 15 is 0 Å². The number of hydrogen-bond acceptors (Lipinski definition) is 2. The van der Waals surface area contributed by atoms with Gasteiger partial charge in [-0.2, -0.15) is 0 Å². The van der Waals surface area contributed by atoms with Gasteiger partial charge in [0, 0.05) is 19.1 Å². The minimum Gasteiger partial charge on any atom is -0.337 e. The fourth-order valence-corrected chi connectivity index (χ4v) is 1.83. The van der Waals surface area contributed by atoms with Gasteiger partial charge < -0.3 is 10.2 Å². The van der Waals surface area contributed by atoms with Gasteiger partial charge in [-0.3, -0.25) is 4.79 Å². The Morgan fingerprint density at radius 1 is 1.50 bits per heavy atom. The average Bonchev–Trinajstić information content (AvgIpc) is 2.26. The summed E-state index contributed by atoms with van der Waals surface area (Å²) in [6.45, 7) is 4.13. The molecular formula is C8H13Cl3N2O. The molecule has 1 aliphatic heterocycles. The zero-order valence-electron chi connectivity index (χ0n) is 7.90. The van der Waals surface area contributed by atoms with Crippen molar-refractivity contribution in [3.63, 3.8) is 0 Å². The molecule has 1 heterocycles. The minimum atomic E-state index is -1.83. The van der Waals surface area contributed by atoms with Gasteiger partial charge in [0.05, 0.1) is 0 Å². The highest BCUT2D eigenvalue weighted by Crippen LogP contribution is 2.28. The Kier molecular flexibility index (Phi) is 4.31. The second-order valence-corrected chi connectivity index (χ2v) is 5.74. The van der Waals surface area contributed by atoms with E-state index < -0.39 is 9.70 Å². The van der Waals surface area contributed by atoms with E-state index in [9.17, 15) is 4.79 Å². The first kappa shape index (κ1) is 12.4. The number of amides is 1. The van der Waals surface area contributed by atoms with E-state index in [0.717, 1.165) is 13.0 Å². The summed E-state index contributed by atoms with van der Waals surface area (Å²) in [5.74, 6) is -0.432. The number of alkyl halides is 3. The van der Waals surface area contributed by atoms with Crippen molar-refractivity contribution >= 4 is 40.7 Å². The molecule has 1 rings (SSSR count). The molecule has 1 unspecified atom stereocenters. The zero-order valence-corrected chi connectivity index (χ0v) is 10.2. The molecule has 1 fully saturated rings. The molecule has 0 aromatic heterocycles. The van der Waals surface area contributed by atoms with Crippen LogP contribution in [-0.2, 0) is 4.79 Å². The summed E-state index contributed by atoms with van der Waals surface area (Å²) in [5.41, 5.74) is 0. The maximum atomic E-state index is 11.6. The Bertz CT molecular complexity index is 217. The molecule has 1 aliphatic rings. The van der Waals surface area contributed by atoms with Crippen molar-refractivity contribution in [2.45, 2.75) is 23.2 Å². The van der Waals surface area contributed by atoms with Gasteiger partial charge in [0.25, 0.3) is 9.70 Å². The molecule has 82 valence electrons. The fraction of sp³-hybridized carbons (Fsp3) is 0.875. The Morgan fingerprint density at radius 2 is 2.14 bits per heavy atom. The molecule has 1 atom stereocenters. The standard InChI is InChI=1S/C8H13Cl3N2O/c1-6-5-13(4-2-3-12-6)7(14)8(9,10)11/h6,12H,2-5H2,1H3. The Balaban J connectivity index is 2.62. The highest BCUT2D eigenvalue weighted by Gasteiger charge is 2.35. The number of hydrogen-bond donors (Lipinski definition) is 1. The summed E-state index contributed by atoms with van der Waals surface area (Å²) in [6, 6.07) is 0.244. The molecule has 0 aromatic rings. The largest absolute Gasteiger partial charge is 0.337 e. The molecule has 0 spiro atoms. The lowest BCUT2D eigenvalue weighted by molar-refractivity contribution is -0.130. The highest BCUT2D eigenvalue weighted by atomic mass is 35.6. The van der Waals surface area contributed by atoms with Crippen molar-refractivity contribution in [2.75, 3.05) is 19.6 Å². The molecular weight excluding hydrogens is 246 g/mol. The topological polar surface area (TPSA) is 32.3 Å². The molecule has 0 saturated carbocycles. The summed E-state index contributed by atoms with van der Waals surface area (Å²) in [5, 5.41) is 3.26. The van der Waals surface area contributed by atoms with Gasteiger partial charge in [-0.1, -0.05) is 34.8 Å². The van der Waals surface area contributed by atoms with Gasteiger partial charge in [-0.05, 0) is 19.9 Å². The first-order chi connectivity index (χ1) is 6.41. The number of rotatable bonds is 0. The van der Waals surface area contributed by atoms with Crippen LogP contribution in [0.1, 0.15) is 13.3 Å². The van der Waals surface area contributed by atoms with Crippen LogP contribution in [0.15, 0.2) is 0 Å². The number of nitrogens with zero attached hydrogens (tertiary/aromatic N) is 1. The van der Waals surface area contributed by atoms with Gasteiger partial charge in [0.2, 0.25) is 0 Å². The summed E-state index contributed by atoms with van der Waals surface area (Å²) in [7, 11) is 0. The van der Waals surface area contributed by atoms with E-state index in [2.05, 4.69) is 5.32 Å². The van der Waals surface area contributed by atoms with E-state index in [-0.39, 0.29) is 6.04 Å². The van der Waals surface area contributed by atoms with E-state index in [1.807, 2.05) is 6.92 Å². The van der Waals surface area contributed by atoms with Crippen LogP contribution in [0.25, 0.3) is 0 Å². The normalized spacial score (nSPS) is 24.6. The SMILES string of the molecule is CC1CN(C(=O)C(Cl)(Cl)Cl)CCCN1. The Hall–Kier alpha value is 0.300. The van der Waals surface area contributed by atoms with Crippen LogP contribution >= 0.6 is 34.8 Å². The quantitative estimate of drug-likeness (QED) is 0.670. The number of carbonyl (C=O) groups excluding carboxylic acids is 1. The van der Waals surface area contributed by atoms with Crippen molar-refractivity contribution < 1.29 is 4.79 Å². The van der Waals surface area contributed by atoms with Gasteiger partial charge in [-0.15, -0.1) is 0 Å². The molecule has 14 heavy (non-hydrogen) atoms. The Morgan fingerprint density at radius 3 is 2.71 bits per heavy atom.